The molecule has 1 rings (SSSR count). The summed E-state index contributed by atoms with van der Waals surface area (Å²) in [5, 5.41) is 0. The molecule has 0 fully saturated rings. The molecule has 0 saturated carbocycles. The first kappa shape index (κ1) is 5.63. The molecule has 0 heterocycles. The van der Waals surface area contributed by atoms with Crippen LogP contribution in [0.25, 0.3) is 0 Å². The fraction of sp³-hybridized carbons (Fsp3) is 0. The third-order valence-corrected chi connectivity index (χ3v) is 1.63. The molecule has 2 heteroatoms. The molecule has 0 amide bonds. The molecule has 0 saturated heterocycles. The predicted molar refractivity (Wildman–Crippen MR) is 38.6 cm³/mol. The van der Waals surface area contributed by atoms with Gasteiger partial charge in [-0.1, -0.05) is 12.1 Å². The van der Waals surface area contributed by atoms with Crippen LogP contribution in [0.15, 0.2) is 28.7 Å². The first-order chi connectivity index (χ1) is 3.80. The van der Waals surface area contributed by atoms with Crippen molar-refractivity contribution >= 4 is 21.6 Å². The molecule has 0 aliphatic heterocycles. The zero-order valence-corrected chi connectivity index (χ0v) is 5.85. The summed E-state index contributed by atoms with van der Waals surface area (Å²) in [4.78, 5) is 0. The van der Waals surface area contributed by atoms with Gasteiger partial charge in [0, 0.05) is 10.2 Å². The molecule has 0 aliphatic rings. The number of nitrogen functional groups attached to an aromatic ring is 1. The van der Waals surface area contributed by atoms with Crippen LogP contribution in [0.2, 0.25) is 0 Å². The van der Waals surface area contributed by atoms with Crippen molar-refractivity contribution in [1.29, 1.82) is 0 Å². The lowest BCUT2D eigenvalue weighted by atomic mass is 11.3. The van der Waals surface area contributed by atoms with E-state index in [1.165, 1.54) is 0 Å². The van der Waals surface area contributed by atoms with Crippen molar-refractivity contribution in [3.8, 4) is 0 Å². The number of benzene rings is 1. The minimum Gasteiger partial charge on any atom is -0.398 e. The van der Waals surface area contributed by atoms with E-state index in [2.05, 4.69) is 15.9 Å². The maximum atomic E-state index is 5.47. The molecule has 8 heavy (non-hydrogen) atoms. The molecular weight excluding hydrogens is 172 g/mol. The molecule has 0 atom stereocenters. The van der Waals surface area contributed by atoms with E-state index in [1.807, 2.05) is 24.3 Å². The summed E-state index contributed by atoms with van der Waals surface area (Å²) in [5.41, 5.74) is 6.26. The van der Waals surface area contributed by atoms with Gasteiger partial charge in [-0.05, 0) is 28.1 Å². The minimum absolute atomic E-state index is 0.785. The SMILES string of the molecule is N[13c]1[13cH][13cH][13cH][13cH][13c]1Br. The summed E-state index contributed by atoms with van der Waals surface area (Å²) in [6.07, 6.45) is 0. The smallest absolute Gasteiger partial charge is 0.0458 e. The molecular formula is C6H6BrN. The van der Waals surface area contributed by atoms with E-state index >= 15 is 0 Å². The van der Waals surface area contributed by atoms with Crippen LogP contribution in [0.4, 0.5) is 5.69 Å². The minimum atomic E-state index is 0.785. The van der Waals surface area contributed by atoms with Gasteiger partial charge in [0.1, 0.15) is 0 Å². The second kappa shape index (κ2) is 2.18. The molecule has 0 radical (unpaired) electrons. The van der Waals surface area contributed by atoms with Gasteiger partial charge in [-0.2, -0.15) is 0 Å². The third kappa shape index (κ3) is 1.01. The Morgan fingerprint density at radius 2 is 1.88 bits per heavy atom. The highest BCUT2D eigenvalue weighted by Crippen LogP contribution is 2.16. The van der Waals surface area contributed by atoms with Crippen molar-refractivity contribution in [2.75, 3.05) is 5.73 Å². The van der Waals surface area contributed by atoms with Crippen molar-refractivity contribution in [2.45, 2.75) is 0 Å². The highest BCUT2D eigenvalue weighted by atomic mass is 79.9. The van der Waals surface area contributed by atoms with E-state index in [4.69, 9.17) is 5.73 Å². The molecule has 0 aliphatic carbocycles. The van der Waals surface area contributed by atoms with Gasteiger partial charge in [0.2, 0.25) is 0 Å². The van der Waals surface area contributed by atoms with Crippen LogP contribution >= 0.6 is 15.9 Å². The van der Waals surface area contributed by atoms with Crippen molar-refractivity contribution in [1.82, 2.24) is 0 Å². The van der Waals surface area contributed by atoms with Gasteiger partial charge in [-0.25, -0.2) is 0 Å². The Kier molecular flexibility index (Phi) is 1.53. The number of nitrogens with two attached hydrogens (primary N) is 1. The average molecular weight is 178 g/mol. The van der Waals surface area contributed by atoms with Crippen molar-refractivity contribution < 1.29 is 0 Å². The summed E-state index contributed by atoms with van der Waals surface area (Å²) < 4.78 is 0.958. The Hall–Kier alpha value is -0.500. The molecule has 1 aromatic carbocycles. The lowest BCUT2D eigenvalue weighted by Gasteiger charge is -1.91. The van der Waals surface area contributed by atoms with Crippen LogP contribution in [0.5, 0.6) is 0 Å². The van der Waals surface area contributed by atoms with E-state index in [0.29, 0.717) is 0 Å². The lowest BCUT2D eigenvalue weighted by molar-refractivity contribution is 1.63. The Morgan fingerprint density at radius 1 is 1.25 bits per heavy atom. The van der Waals surface area contributed by atoms with Crippen LogP contribution in [-0.2, 0) is 0 Å². The van der Waals surface area contributed by atoms with Crippen molar-refractivity contribution in [2.24, 2.45) is 0 Å². The van der Waals surface area contributed by atoms with Gasteiger partial charge in [-0.15, -0.1) is 0 Å². The van der Waals surface area contributed by atoms with Crippen LogP contribution in [0.1, 0.15) is 0 Å². The van der Waals surface area contributed by atoms with Crippen LogP contribution in [0.3, 0.4) is 0 Å². The standard InChI is InChI=1S/C6H6BrN/c7-5-3-1-2-4-6(5)8/h1-4H,8H2/i1+1,2+1,3+1,4+1,5+1,6+1. The number of anilines is 1. The van der Waals surface area contributed by atoms with Crippen molar-refractivity contribution in [3.63, 3.8) is 0 Å². The van der Waals surface area contributed by atoms with Crippen molar-refractivity contribution in [3.05, 3.63) is 28.7 Å². The molecule has 0 spiro atoms. The fourth-order valence-corrected chi connectivity index (χ4v) is 0.760. The quantitative estimate of drug-likeness (QED) is 0.604. The Labute approximate surface area is 56.6 Å². The molecule has 0 aromatic heterocycles. The summed E-state index contributed by atoms with van der Waals surface area (Å²) in [6, 6.07) is 7.60. The van der Waals surface area contributed by atoms with E-state index in [1.54, 1.807) is 0 Å². The number of halogens is 1. The lowest BCUT2D eigenvalue weighted by Crippen LogP contribution is -1.82. The number of hydrogen-bond donors (Lipinski definition) is 1. The van der Waals surface area contributed by atoms with E-state index in [9.17, 15) is 0 Å². The first-order valence-corrected chi connectivity index (χ1v) is 3.10. The number of rotatable bonds is 0. The second-order valence-corrected chi connectivity index (χ2v) is 2.38. The zero-order chi connectivity index (χ0) is 5.98. The first-order valence-electron chi connectivity index (χ1n) is 2.31. The Bertz CT molecular complexity index is 165. The predicted octanol–water partition coefficient (Wildman–Crippen LogP) is 2.03. The zero-order valence-electron chi connectivity index (χ0n) is 4.26. The summed E-state index contributed by atoms with van der Waals surface area (Å²) in [5.74, 6) is 0. The van der Waals surface area contributed by atoms with E-state index in [-0.39, 0.29) is 0 Å². The largest absolute Gasteiger partial charge is 0.398 e. The van der Waals surface area contributed by atoms with Gasteiger partial charge in [-0.3, -0.25) is 0 Å². The van der Waals surface area contributed by atoms with E-state index in [0.717, 1.165) is 10.2 Å². The topological polar surface area (TPSA) is 26.0 Å². The van der Waals surface area contributed by atoms with Crippen LogP contribution < -0.4 is 5.73 Å². The van der Waals surface area contributed by atoms with Gasteiger partial charge >= 0.3 is 0 Å². The number of para-hydroxylation sites is 1. The number of hydrogen-bond acceptors (Lipinski definition) is 1. The van der Waals surface area contributed by atoms with E-state index < -0.39 is 0 Å². The van der Waals surface area contributed by atoms with Crippen LogP contribution in [-0.4, -0.2) is 0 Å². The van der Waals surface area contributed by atoms with Gasteiger partial charge in [0.05, 0.1) is 0 Å². The van der Waals surface area contributed by atoms with Gasteiger partial charge < -0.3 is 5.73 Å². The van der Waals surface area contributed by atoms with Gasteiger partial charge in [0.15, 0.2) is 0 Å². The maximum Gasteiger partial charge on any atom is 0.0458 e. The molecule has 42 valence electrons. The Balaban J connectivity index is 3.13. The maximum absolute atomic E-state index is 5.47. The van der Waals surface area contributed by atoms with Gasteiger partial charge in [0.25, 0.3) is 0 Å². The normalized spacial score (nSPS) is 9.12. The van der Waals surface area contributed by atoms with Crippen LogP contribution in [0, 0.1) is 0 Å². The molecule has 1 nitrogen and oxygen atoms in total. The molecule has 2 N–H and O–H groups in total. The molecule has 1 aromatic rings. The monoisotopic (exact) mass is 177 g/mol. The second-order valence-electron chi connectivity index (χ2n) is 1.52. The third-order valence-electron chi connectivity index (χ3n) is 0.905. The molecule has 0 unspecified atom stereocenters. The summed E-state index contributed by atoms with van der Waals surface area (Å²) in [6.45, 7) is 0. The fourth-order valence-electron chi connectivity index (χ4n) is 0.475. The average Bonchev–Trinajstić information content (AvgIpc) is 1.77. The highest BCUT2D eigenvalue weighted by Gasteiger charge is 1.86. The Morgan fingerprint density at radius 3 is 2.25 bits per heavy atom. The highest BCUT2D eigenvalue weighted by molar-refractivity contribution is 9.10. The summed E-state index contributed by atoms with van der Waals surface area (Å²) >= 11 is 3.27. The summed E-state index contributed by atoms with van der Waals surface area (Å²) in [7, 11) is 0. The molecule has 0 bridgehead atoms.